The van der Waals surface area contributed by atoms with Crippen molar-refractivity contribution < 1.29 is 0 Å². The lowest BCUT2D eigenvalue weighted by molar-refractivity contribution is 0.538. The fraction of sp³-hybridized carbons (Fsp3) is 0.250. The molecule has 5 heteroatoms. The zero-order valence-corrected chi connectivity index (χ0v) is 12.5. The lowest BCUT2D eigenvalue weighted by Gasteiger charge is -2.07. The van der Waals surface area contributed by atoms with Gasteiger partial charge in [0, 0.05) is 23.4 Å². The number of thiophene rings is 1. The molecule has 0 fully saturated rings. The highest BCUT2D eigenvalue weighted by molar-refractivity contribution is 7.09. The molecule has 0 aliphatic rings. The normalized spacial score (nSPS) is 11.0. The van der Waals surface area contributed by atoms with Crippen molar-refractivity contribution in [3.63, 3.8) is 0 Å². The van der Waals surface area contributed by atoms with Crippen LogP contribution in [0.15, 0.2) is 52.8 Å². The van der Waals surface area contributed by atoms with Gasteiger partial charge in [-0.05, 0) is 23.9 Å². The maximum atomic E-state index is 12.3. The highest BCUT2D eigenvalue weighted by Crippen LogP contribution is 2.08. The Labute approximate surface area is 127 Å². The van der Waals surface area contributed by atoms with E-state index in [9.17, 15) is 4.79 Å². The summed E-state index contributed by atoms with van der Waals surface area (Å²) in [5.74, 6) is 0. The van der Waals surface area contributed by atoms with Crippen LogP contribution in [0.1, 0.15) is 4.88 Å². The summed E-state index contributed by atoms with van der Waals surface area (Å²) in [5.41, 5.74) is -0.0202. The molecule has 2 aromatic heterocycles. The largest absolute Gasteiger partial charge is 0.315 e. The van der Waals surface area contributed by atoms with E-state index in [0.717, 1.165) is 30.3 Å². The summed E-state index contributed by atoms with van der Waals surface area (Å²) < 4.78 is 1.53. The number of nitrogens with one attached hydrogen (secondary N) is 1. The molecule has 0 spiro atoms. The number of aromatic nitrogens is 2. The molecule has 3 aromatic rings. The van der Waals surface area contributed by atoms with Gasteiger partial charge in [-0.1, -0.05) is 24.3 Å². The molecule has 0 aliphatic heterocycles. The van der Waals surface area contributed by atoms with Gasteiger partial charge in [0.1, 0.15) is 0 Å². The van der Waals surface area contributed by atoms with Crippen LogP contribution in [0.25, 0.3) is 10.8 Å². The first kappa shape index (κ1) is 14.0. The SMILES string of the molecule is O=c1c2ccccc2cnn1CCNCCc1cccs1. The number of hydrogen-bond donors (Lipinski definition) is 1. The van der Waals surface area contributed by atoms with Crippen molar-refractivity contribution in [2.24, 2.45) is 0 Å². The van der Waals surface area contributed by atoms with Crippen LogP contribution in [-0.4, -0.2) is 22.9 Å². The van der Waals surface area contributed by atoms with Crippen molar-refractivity contribution in [1.82, 2.24) is 15.1 Å². The molecule has 21 heavy (non-hydrogen) atoms. The molecule has 0 bridgehead atoms. The third-order valence-electron chi connectivity index (χ3n) is 3.39. The van der Waals surface area contributed by atoms with Crippen LogP contribution in [0.2, 0.25) is 0 Å². The Morgan fingerprint density at radius 3 is 2.90 bits per heavy atom. The van der Waals surface area contributed by atoms with Gasteiger partial charge >= 0.3 is 0 Å². The zero-order valence-electron chi connectivity index (χ0n) is 11.7. The quantitative estimate of drug-likeness (QED) is 0.710. The van der Waals surface area contributed by atoms with E-state index < -0.39 is 0 Å². The van der Waals surface area contributed by atoms with Gasteiger partial charge in [0.25, 0.3) is 5.56 Å². The van der Waals surface area contributed by atoms with Crippen molar-refractivity contribution in [2.45, 2.75) is 13.0 Å². The van der Waals surface area contributed by atoms with E-state index >= 15 is 0 Å². The number of nitrogens with zero attached hydrogens (tertiary/aromatic N) is 2. The van der Waals surface area contributed by atoms with E-state index in [1.54, 1.807) is 17.5 Å². The van der Waals surface area contributed by atoms with Gasteiger partial charge in [-0.25, -0.2) is 4.68 Å². The monoisotopic (exact) mass is 299 g/mol. The Bertz CT molecular complexity index is 765. The average Bonchev–Trinajstić information content (AvgIpc) is 3.03. The number of fused-ring (bicyclic) bond motifs is 1. The number of benzene rings is 1. The van der Waals surface area contributed by atoms with E-state index in [0.29, 0.717) is 6.54 Å². The van der Waals surface area contributed by atoms with Gasteiger partial charge in [0.2, 0.25) is 0 Å². The van der Waals surface area contributed by atoms with Crippen LogP contribution in [-0.2, 0) is 13.0 Å². The molecule has 4 nitrogen and oxygen atoms in total. The first-order valence-corrected chi connectivity index (χ1v) is 7.90. The fourth-order valence-electron chi connectivity index (χ4n) is 2.26. The molecule has 1 aromatic carbocycles. The van der Waals surface area contributed by atoms with Crippen LogP contribution in [0, 0.1) is 0 Å². The average molecular weight is 299 g/mol. The zero-order chi connectivity index (χ0) is 14.5. The Balaban J connectivity index is 1.56. The van der Waals surface area contributed by atoms with Gasteiger partial charge in [-0.15, -0.1) is 11.3 Å². The maximum Gasteiger partial charge on any atom is 0.274 e. The molecular formula is C16H17N3OS. The van der Waals surface area contributed by atoms with Gasteiger partial charge in [0.15, 0.2) is 0 Å². The summed E-state index contributed by atoms with van der Waals surface area (Å²) in [6, 6.07) is 11.8. The van der Waals surface area contributed by atoms with Gasteiger partial charge in [-0.3, -0.25) is 4.79 Å². The van der Waals surface area contributed by atoms with E-state index in [4.69, 9.17) is 0 Å². The van der Waals surface area contributed by atoms with Crippen molar-refractivity contribution in [1.29, 1.82) is 0 Å². The summed E-state index contributed by atoms with van der Waals surface area (Å²) in [4.78, 5) is 13.6. The van der Waals surface area contributed by atoms with Crippen LogP contribution in [0.4, 0.5) is 0 Å². The Hall–Kier alpha value is -1.98. The molecule has 108 valence electrons. The molecule has 0 amide bonds. The van der Waals surface area contributed by atoms with Gasteiger partial charge < -0.3 is 5.32 Å². The molecule has 0 atom stereocenters. The molecule has 0 saturated heterocycles. The lowest BCUT2D eigenvalue weighted by atomic mass is 10.2. The van der Waals surface area contributed by atoms with Crippen molar-refractivity contribution in [3.8, 4) is 0 Å². The Kier molecular flexibility index (Phi) is 4.43. The Morgan fingerprint density at radius 2 is 2.05 bits per heavy atom. The maximum absolute atomic E-state index is 12.3. The highest BCUT2D eigenvalue weighted by atomic mass is 32.1. The molecule has 0 aliphatic carbocycles. The summed E-state index contributed by atoms with van der Waals surface area (Å²) in [7, 11) is 0. The van der Waals surface area contributed by atoms with Crippen LogP contribution >= 0.6 is 11.3 Å². The minimum atomic E-state index is -0.0202. The van der Waals surface area contributed by atoms with Gasteiger partial charge in [0.05, 0.1) is 18.1 Å². The van der Waals surface area contributed by atoms with Crippen molar-refractivity contribution >= 4 is 22.1 Å². The van der Waals surface area contributed by atoms with Gasteiger partial charge in [-0.2, -0.15) is 5.10 Å². The summed E-state index contributed by atoms with van der Waals surface area (Å²) in [6.45, 7) is 2.26. The van der Waals surface area contributed by atoms with Crippen LogP contribution in [0.3, 0.4) is 0 Å². The van der Waals surface area contributed by atoms with Crippen LogP contribution < -0.4 is 10.9 Å². The van der Waals surface area contributed by atoms with E-state index in [1.165, 1.54) is 9.56 Å². The van der Waals surface area contributed by atoms with Crippen molar-refractivity contribution in [2.75, 3.05) is 13.1 Å². The molecular weight excluding hydrogens is 282 g/mol. The lowest BCUT2D eigenvalue weighted by Crippen LogP contribution is -2.29. The fourth-order valence-corrected chi connectivity index (χ4v) is 2.97. The van der Waals surface area contributed by atoms with E-state index in [1.807, 2.05) is 24.3 Å². The predicted octanol–water partition coefficient (Wildman–Crippen LogP) is 2.29. The second-order valence-corrected chi connectivity index (χ2v) is 5.87. The number of hydrogen-bond acceptors (Lipinski definition) is 4. The van der Waals surface area contributed by atoms with E-state index in [2.05, 4.69) is 27.9 Å². The third-order valence-corrected chi connectivity index (χ3v) is 4.33. The minimum Gasteiger partial charge on any atom is -0.315 e. The summed E-state index contributed by atoms with van der Waals surface area (Å²) in [6.07, 6.45) is 2.78. The standard InChI is InChI=1S/C16H17N3OS/c20-16-15-6-2-1-4-13(15)12-18-19(16)10-9-17-8-7-14-5-3-11-21-14/h1-6,11-12,17H,7-10H2. The Morgan fingerprint density at radius 1 is 1.14 bits per heavy atom. The first-order chi connectivity index (χ1) is 10.3. The van der Waals surface area contributed by atoms with Crippen molar-refractivity contribution in [3.05, 3.63) is 63.2 Å². The molecule has 3 rings (SSSR count). The van der Waals surface area contributed by atoms with E-state index in [-0.39, 0.29) is 5.56 Å². The number of rotatable bonds is 6. The molecule has 0 saturated carbocycles. The smallest absolute Gasteiger partial charge is 0.274 e. The second kappa shape index (κ2) is 6.65. The molecule has 0 unspecified atom stereocenters. The predicted molar refractivity (Wildman–Crippen MR) is 86.9 cm³/mol. The summed E-state index contributed by atoms with van der Waals surface area (Å²) in [5, 5.41) is 11.3. The highest BCUT2D eigenvalue weighted by Gasteiger charge is 2.02. The molecule has 0 radical (unpaired) electrons. The molecule has 2 heterocycles. The second-order valence-electron chi connectivity index (χ2n) is 4.84. The summed E-state index contributed by atoms with van der Waals surface area (Å²) >= 11 is 1.77. The topological polar surface area (TPSA) is 46.9 Å². The minimum absolute atomic E-state index is 0.0202. The first-order valence-electron chi connectivity index (χ1n) is 7.02. The third kappa shape index (κ3) is 3.37. The molecule has 1 N–H and O–H groups in total. The van der Waals surface area contributed by atoms with Crippen LogP contribution in [0.5, 0.6) is 0 Å².